The number of pyridine rings is 1. The van der Waals surface area contributed by atoms with E-state index in [0.717, 1.165) is 16.5 Å². The quantitative estimate of drug-likeness (QED) is 0.729. The number of aryl methyl sites for hydroxylation is 1. The van der Waals surface area contributed by atoms with Gasteiger partial charge in [0.15, 0.2) is 0 Å². The van der Waals surface area contributed by atoms with Gasteiger partial charge in [0.2, 0.25) is 0 Å². The highest BCUT2D eigenvalue weighted by Crippen LogP contribution is 2.21. The maximum Gasteiger partial charge on any atom is 0.130 e. The second-order valence-corrected chi connectivity index (χ2v) is 3.72. The lowest BCUT2D eigenvalue weighted by atomic mass is 10.1. The van der Waals surface area contributed by atoms with Crippen molar-refractivity contribution in [3.63, 3.8) is 0 Å². The van der Waals surface area contributed by atoms with Gasteiger partial charge in [0.25, 0.3) is 0 Å². The van der Waals surface area contributed by atoms with Crippen molar-refractivity contribution in [3.05, 3.63) is 40.5 Å². The highest BCUT2D eigenvalue weighted by atomic mass is 35.5. The van der Waals surface area contributed by atoms with E-state index in [2.05, 4.69) is 11.1 Å². The van der Waals surface area contributed by atoms with Crippen LogP contribution in [0.1, 0.15) is 11.1 Å². The summed E-state index contributed by atoms with van der Waals surface area (Å²) >= 11 is 5.89. The van der Waals surface area contributed by atoms with Crippen molar-refractivity contribution in [2.75, 3.05) is 0 Å². The van der Waals surface area contributed by atoms with Crippen LogP contribution < -0.4 is 5.73 Å². The summed E-state index contributed by atoms with van der Waals surface area (Å²) in [5.74, 6) is 0. The van der Waals surface area contributed by atoms with Crippen molar-refractivity contribution >= 4 is 22.5 Å². The van der Waals surface area contributed by atoms with Gasteiger partial charge in [-0.15, -0.1) is 0 Å². The Morgan fingerprint density at radius 2 is 2.14 bits per heavy atom. The molecule has 1 heterocycles. The third kappa shape index (κ3) is 1.59. The molecule has 0 aliphatic carbocycles. The molecule has 0 atom stereocenters. The average molecular weight is 207 g/mol. The molecule has 0 unspecified atom stereocenters. The molecule has 0 amide bonds. The summed E-state index contributed by atoms with van der Waals surface area (Å²) in [5, 5.41) is 1.59. The van der Waals surface area contributed by atoms with Crippen molar-refractivity contribution in [2.24, 2.45) is 5.73 Å². The van der Waals surface area contributed by atoms with Crippen LogP contribution in [-0.4, -0.2) is 4.98 Å². The van der Waals surface area contributed by atoms with E-state index in [9.17, 15) is 0 Å². The second kappa shape index (κ2) is 3.56. The van der Waals surface area contributed by atoms with Crippen molar-refractivity contribution in [1.82, 2.24) is 4.98 Å². The molecule has 2 N–H and O–H groups in total. The van der Waals surface area contributed by atoms with Gasteiger partial charge >= 0.3 is 0 Å². The normalized spacial score (nSPS) is 10.8. The maximum atomic E-state index is 5.89. The standard InChI is InChI=1S/C11H11ClN2/c1-7-2-3-9-8(6-13)5-11(12)14-10(9)4-7/h2-5H,6,13H2,1H3. The topological polar surface area (TPSA) is 38.9 Å². The van der Waals surface area contributed by atoms with Crippen LogP contribution in [0.4, 0.5) is 0 Å². The van der Waals surface area contributed by atoms with E-state index in [-0.39, 0.29) is 0 Å². The number of hydrogen-bond donors (Lipinski definition) is 1. The van der Waals surface area contributed by atoms with Crippen LogP contribution in [0.3, 0.4) is 0 Å². The zero-order valence-electron chi connectivity index (χ0n) is 7.92. The Labute approximate surface area is 87.7 Å². The lowest BCUT2D eigenvalue weighted by Gasteiger charge is -2.05. The van der Waals surface area contributed by atoms with Gasteiger partial charge in [-0.25, -0.2) is 4.98 Å². The molecule has 2 nitrogen and oxygen atoms in total. The molecule has 1 aromatic carbocycles. The Bertz CT molecular complexity index is 475. The number of nitrogens with two attached hydrogens (primary N) is 1. The van der Waals surface area contributed by atoms with Gasteiger partial charge in [-0.05, 0) is 30.2 Å². The minimum Gasteiger partial charge on any atom is -0.326 e. The molecule has 0 saturated heterocycles. The lowest BCUT2D eigenvalue weighted by molar-refractivity contribution is 1.08. The van der Waals surface area contributed by atoms with Crippen LogP contribution in [0.5, 0.6) is 0 Å². The van der Waals surface area contributed by atoms with E-state index < -0.39 is 0 Å². The SMILES string of the molecule is Cc1ccc2c(CN)cc(Cl)nc2c1. The van der Waals surface area contributed by atoms with Gasteiger partial charge < -0.3 is 5.73 Å². The van der Waals surface area contributed by atoms with Gasteiger partial charge in [-0.1, -0.05) is 23.7 Å². The molecule has 0 spiro atoms. The number of fused-ring (bicyclic) bond motifs is 1. The predicted octanol–water partition coefficient (Wildman–Crippen LogP) is 2.66. The van der Waals surface area contributed by atoms with Crippen LogP contribution >= 0.6 is 11.6 Å². The molecular formula is C11H11ClN2. The third-order valence-electron chi connectivity index (χ3n) is 2.24. The van der Waals surface area contributed by atoms with E-state index in [1.54, 1.807) is 0 Å². The zero-order chi connectivity index (χ0) is 10.1. The molecule has 0 aliphatic rings. The molecule has 0 bridgehead atoms. The Kier molecular flexibility index (Phi) is 2.40. The fraction of sp³-hybridized carbons (Fsp3) is 0.182. The van der Waals surface area contributed by atoms with Crippen LogP contribution in [0, 0.1) is 6.92 Å². The zero-order valence-corrected chi connectivity index (χ0v) is 8.67. The summed E-state index contributed by atoms with van der Waals surface area (Å²) < 4.78 is 0. The monoisotopic (exact) mass is 206 g/mol. The van der Waals surface area contributed by atoms with Crippen molar-refractivity contribution in [2.45, 2.75) is 13.5 Å². The molecule has 2 aromatic rings. The molecule has 0 aliphatic heterocycles. The third-order valence-corrected chi connectivity index (χ3v) is 2.43. The van der Waals surface area contributed by atoms with Crippen molar-refractivity contribution in [3.8, 4) is 0 Å². The van der Waals surface area contributed by atoms with E-state index in [1.165, 1.54) is 5.56 Å². The Morgan fingerprint density at radius 3 is 2.86 bits per heavy atom. The summed E-state index contributed by atoms with van der Waals surface area (Å²) in [5.41, 5.74) is 8.77. The van der Waals surface area contributed by atoms with Gasteiger partial charge in [0, 0.05) is 11.9 Å². The molecular weight excluding hydrogens is 196 g/mol. The molecule has 14 heavy (non-hydrogen) atoms. The molecule has 1 aromatic heterocycles. The second-order valence-electron chi connectivity index (χ2n) is 3.33. The summed E-state index contributed by atoms with van der Waals surface area (Å²) in [4.78, 5) is 4.25. The molecule has 0 radical (unpaired) electrons. The van der Waals surface area contributed by atoms with Crippen LogP contribution in [0.2, 0.25) is 5.15 Å². The molecule has 2 rings (SSSR count). The smallest absolute Gasteiger partial charge is 0.130 e. The Balaban J connectivity index is 2.81. The predicted molar refractivity (Wildman–Crippen MR) is 59.4 cm³/mol. The van der Waals surface area contributed by atoms with Gasteiger partial charge in [0.1, 0.15) is 5.15 Å². The first kappa shape index (κ1) is 9.44. The highest BCUT2D eigenvalue weighted by molar-refractivity contribution is 6.29. The lowest BCUT2D eigenvalue weighted by Crippen LogP contribution is -1.98. The van der Waals surface area contributed by atoms with Gasteiger partial charge in [-0.3, -0.25) is 0 Å². The Morgan fingerprint density at radius 1 is 1.36 bits per heavy atom. The summed E-state index contributed by atoms with van der Waals surface area (Å²) in [6.45, 7) is 2.52. The number of hydrogen-bond acceptors (Lipinski definition) is 2. The number of rotatable bonds is 1. The minimum absolute atomic E-state index is 0.488. The average Bonchev–Trinajstić information content (AvgIpc) is 2.15. The molecule has 0 saturated carbocycles. The maximum absolute atomic E-state index is 5.89. The minimum atomic E-state index is 0.488. The van der Waals surface area contributed by atoms with Crippen LogP contribution in [0.25, 0.3) is 10.9 Å². The van der Waals surface area contributed by atoms with E-state index in [0.29, 0.717) is 11.7 Å². The number of nitrogens with zero attached hydrogens (tertiary/aromatic N) is 1. The van der Waals surface area contributed by atoms with Gasteiger partial charge in [0.05, 0.1) is 5.52 Å². The first-order chi connectivity index (χ1) is 6.70. The summed E-state index contributed by atoms with van der Waals surface area (Å²) in [6.07, 6.45) is 0. The number of aromatic nitrogens is 1. The molecule has 72 valence electrons. The van der Waals surface area contributed by atoms with Crippen LogP contribution in [0.15, 0.2) is 24.3 Å². The van der Waals surface area contributed by atoms with Crippen molar-refractivity contribution < 1.29 is 0 Å². The van der Waals surface area contributed by atoms with E-state index in [4.69, 9.17) is 17.3 Å². The first-order valence-corrected chi connectivity index (χ1v) is 4.84. The molecule has 3 heteroatoms. The fourth-order valence-corrected chi connectivity index (χ4v) is 1.77. The largest absolute Gasteiger partial charge is 0.326 e. The van der Waals surface area contributed by atoms with E-state index in [1.807, 2.05) is 25.1 Å². The van der Waals surface area contributed by atoms with Crippen molar-refractivity contribution in [1.29, 1.82) is 0 Å². The summed E-state index contributed by atoms with van der Waals surface area (Å²) in [7, 11) is 0. The van der Waals surface area contributed by atoms with Gasteiger partial charge in [-0.2, -0.15) is 0 Å². The first-order valence-electron chi connectivity index (χ1n) is 4.46. The Hall–Kier alpha value is -1.12. The fourth-order valence-electron chi connectivity index (χ4n) is 1.54. The number of benzene rings is 1. The highest BCUT2D eigenvalue weighted by Gasteiger charge is 2.03. The van der Waals surface area contributed by atoms with Crippen LogP contribution in [-0.2, 0) is 6.54 Å². The number of halogens is 1. The van der Waals surface area contributed by atoms with E-state index >= 15 is 0 Å². The summed E-state index contributed by atoms with van der Waals surface area (Å²) in [6, 6.07) is 7.92. The molecule has 0 fully saturated rings.